The van der Waals surface area contributed by atoms with Crippen LogP contribution in [0.2, 0.25) is 0 Å². The predicted molar refractivity (Wildman–Crippen MR) is 46.3 cm³/mol. The first-order valence-corrected chi connectivity index (χ1v) is 4.16. The summed E-state index contributed by atoms with van der Waals surface area (Å²) in [6, 6.07) is 1.87. The minimum atomic E-state index is -4.91. The van der Waals surface area contributed by atoms with Gasteiger partial charge in [0.25, 0.3) is 5.24 Å². The number of rotatable bonds is 1. The van der Waals surface area contributed by atoms with Gasteiger partial charge in [0.15, 0.2) is 0 Å². The van der Waals surface area contributed by atoms with E-state index in [0.717, 1.165) is 0 Å². The van der Waals surface area contributed by atoms with Crippen molar-refractivity contribution in [3.05, 3.63) is 34.6 Å². The van der Waals surface area contributed by atoms with Crippen molar-refractivity contribution in [3.8, 4) is 6.07 Å². The minimum absolute atomic E-state index is 0.0775. The molecule has 0 bridgehead atoms. The Balaban J connectivity index is 3.57. The van der Waals surface area contributed by atoms with E-state index in [1.807, 2.05) is 0 Å². The summed E-state index contributed by atoms with van der Waals surface area (Å²) in [6.45, 7) is 0. The van der Waals surface area contributed by atoms with Crippen molar-refractivity contribution in [2.45, 2.75) is 6.18 Å². The van der Waals surface area contributed by atoms with Crippen LogP contribution in [0.15, 0.2) is 12.1 Å². The van der Waals surface area contributed by atoms with E-state index in [1.54, 1.807) is 0 Å². The normalized spacial score (nSPS) is 11.0. The number of hydrogen-bond donors (Lipinski definition) is 0. The molecule has 1 aromatic rings. The summed E-state index contributed by atoms with van der Waals surface area (Å²) in [4.78, 5) is 10.7. The maximum absolute atomic E-state index is 12.9. The molecular weight excluding hydrogens is 250 g/mol. The lowest BCUT2D eigenvalue weighted by atomic mass is 10.0. The second-order valence-corrected chi connectivity index (χ2v) is 3.10. The van der Waals surface area contributed by atoms with E-state index in [2.05, 4.69) is 0 Å². The molecule has 0 aliphatic rings. The molecule has 0 saturated carbocycles. The van der Waals surface area contributed by atoms with Crippen LogP contribution in [0.4, 0.5) is 17.6 Å². The van der Waals surface area contributed by atoms with Gasteiger partial charge in [0, 0.05) is 5.56 Å². The predicted octanol–water partition coefficient (Wildman–Crippen LogP) is 3.10. The summed E-state index contributed by atoms with van der Waals surface area (Å²) in [6.07, 6.45) is -4.91. The summed E-state index contributed by atoms with van der Waals surface area (Å²) < 4.78 is 50.0. The zero-order valence-electron chi connectivity index (χ0n) is 7.40. The molecule has 0 saturated heterocycles. The molecule has 7 heteroatoms. The van der Waals surface area contributed by atoms with Gasteiger partial charge in [-0.15, -0.1) is 0 Å². The molecule has 0 spiro atoms. The molecular formula is C9H2ClF4NO. The number of hydrogen-bond acceptors (Lipinski definition) is 2. The van der Waals surface area contributed by atoms with Gasteiger partial charge in [0.1, 0.15) is 11.9 Å². The minimum Gasteiger partial charge on any atom is -0.276 e. The average Bonchev–Trinajstić information content (AvgIpc) is 2.15. The summed E-state index contributed by atoms with van der Waals surface area (Å²) in [5.41, 5.74) is -3.10. The van der Waals surface area contributed by atoms with Crippen LogP contribution < -0.4 is 0 Å². The van der Waals surface area contributed by atoms with Gasteiger partial charge in [-0.05, 0) is 23.7 Å². The van der Waals surface area contributed by atoms with Gasteiger partial charge >= 0.3 is 6.18 Å². The lowest BCUT2D eigenvalue weighted by Gasteiger charge is -2.10. The molecule has 16 heavy (non-hydrogen) atoms. The molecule has 0 fully saturated rings. The van der Waals surface area contributed by atoms with Crippen LogP contribution in [0.5, 0.6) is 0 Å². The molecule has 0 aromatic heterocycles. The Morgan fingerprint density at radius 2 is 1.94 bits per heavy atom. The maximum atomic E-state index is 12.9. The summed E-state index contributed by atoms with van der Waals surface area (Å²) in [5.74, 6) is -1.35. The summed E-state index contributed by atoms with van der Waals surface area (Å²) >= 11 is 4.92. The second-order valence-electron chi connectivity index (χ2n) is 2.76. The third-order valence-electron chi connectivity index (χ3n) is 1.74. The molecule has 0 aliphatic carbocycles. The Hall–Kier alpha value is -1.61. The molecule has 0 heterocycles. The van der Waals surface area contributed by atoms with Crippen molar-refractivity contribution >= 4 is 16.8 Å². The van der Waals surface area contributed by atoms with E-state index in [1.165, 1.54) is 6.07 Å². The Morgan fingerprint density at radius 3 is 2.31 bits per heavy atom. The van der Waals surface area contributed by atoms with Crippen molar-refractivity contribution in [1.29, 1.82) is 5.26 Å². The highest BCUT2D eigenvalue weighted by Crippen LogP contribution is 2.34. The van der Waals surface area contributed by atoms with E-state index in [4.69, 9.17) is 16.9 Å². The van der Waals surface area contributed by atoms with Crippen LogP contribution in [0.1, 0.15) is 21.5 Å². The average molecular weight is 252 g/mol. The highest BCUT2D eigenvalue weighted by Gasteiger charge is 2.36. The number of nitrogens with zero attached hydrogens (tertiary/aromatic N) is 1. The van der Waals surface area contributed by atoms with E-state index in [9.17, 15) is 22.4 Å². The maximum Gasteiger partial charge on any atom is 0.417 e. The van der Waals surface area contributed by atoms with Crippen LogP contribution in [0.3, 0.4) is 0 Å². The van der Waals surface area contributed by atoms with Gasteiger partial charge in [0.05, 0.1) is 11.1 Å². The van der Waals surface area contributed by atoms with Gasteiger partial charge in [-0.3, -0.25) is 4.79 Å². The van der Waals surface area contributed by atoms with Crippen molar-refractivity contribution in [2.24, 2.45) is 0 Å². The van der Waals surface area contributed by atoms with Gasteiger partial charge in [-0.25, -0.2) is 4.39 Å². The molecule has 84 valence electrons. The molecule has 2 nitrogen and oxygen atoms in total. The third-order valence-corrected chi connectivity index (χ3v) is 1.95. The molecule has 0 N–H and O–H groups in total. The van der Waals surface area contributed by atoms with Crippen LogP contribution in [-0.2, 0) is 6.18 Å². The molecule has 0 unspecified atom stereocenters. The van der Waals surface area contributed by atoms with Crippen LogP contribution in [0.25, 0.3) is 0 Å². The first-order valence-electron chi connectivity index (χ1n) is 3.78. The fourth-order valence-electron chi connectivity index (χ4n) is 1.06. The first kappa shape index (κ1) is 12.5. The number of alkyl halides is 3. The van der Waals surface area contributed by atoms with Crippen molar-refractivity contribution in [3.63, 3.8) is 0 Å². The fourth-order valence-corrected chi connectivity index (χ4v) is 1.21. The number of nitriles is 1. The number of benzene rings is 1. The topological polar surface area (TPSA) is 40.9 Å². The smallest absolute Gasteiger partial charge is 0.276 e. The Kier molecular flexibility index (Phi) is 3.19. The Morgan fingerprint density at radius 1 is 1.38 bits per heavy atom. The monoisotopic (exact) mass is 251 g/mol. The molecule has 0 amide bonds. The van der Waals surface area contributed by atoms with Gasteiger partial charge < -0.3 is 0 Å². The summed E-state index contributed by atoms with van der Waals surface area (Å²) in [7, 11) is 0. The number of carbonyl (C=O) groups excluding carboxylic acids is 1. The molecule has 1 rings (SSSR count). The van der Waals surface area contributed by atoms with Crippen molar-refractivity contribution < 1.29 is 22.4 Å². The molecule has 0 atom stereocenters. The van der Waals surface area contributed by atoms with E-state index in [0.29, 0.717) is 6.07 Å². The lowest BCUT2D eigenvalue weighted by molar-refractivity contribution is -0.138. The quantitative estimate of drug-likeness (QED) is 0.568. The van der Waals surface area contributed by atoms with Crippen molar-refractivity contribution in [1.82, 2.24) is 0 Å². The number of carbonyl (C=O) groups is 1. The van der Waals surface area contributed by atoms with E-state index >= 15 is 0 Å². The molecule has 0 radical (unpaired) electrons. The van der Waals surface area contributed by atoms with E-state index < -0.39 is 33.9 Å². The zero-order valence-corrected chi connectivity index (χ0v) is 8.16. The zero-order chi connectivity index (χ0) is 12.5. The Labute approximate surface area is 92.0 Å². The van der Waals surface area contributed by atoms with Crippen LogP contribution in [0, 0.1) is 17.1 Å². The molecule has 1 aromatic carbocycles. The first-order chi connectivity index (χ1) is 7.27. The van der Waals surface area contributed by atoms with Crippen molar-refractivity contribution in [2.75, 3.05) is 0 Å². The lowest BCUT2D eigenvalue weighted by Crippen LogP contribution is -2.12. The van der Waals surface area contributed by atoms with Gasteiger partial charge in [-0.2, -0.15) is 18.4 Å². The largest absolute Gasteiger partial charge is 0.417 e. The van der Waals surface area contributed by atoms with Crippen LogP contribution >= 0.6 is 11.6 Å². The Bertz CT molecular complexity index is 490. The van der Waals surface area contributed by atoms with Gasteiger partial charge in [-0.1, -0.05) is 0 Å². The third kappa shape index (κ3) is 2.31. The number of halogens is 5. The highest BCUT2D eigenvalue weighted by atomic mass is 35.5. The van der Waals surface area contributed by atoms with Gasteiger partial charge in [0.2, 0.25) is 0 Å². The highest BCUT2D eigenvalue weighted by molar-refractivity contribution is 6.68. The van der Waals surface area contributed by atoms with Crippen LogP contribution in [-0.4, -0.2) is 5.24 Å². The second kappa shape index (κ2) is 4.10. The van der Waals surface area contributed by atoms with E-state index in [-0.39, 0.29) is 6.07 Å². The molecule has 0 aliphatic heterocycles. The standard InChI is InChI=1S/C9H2ClF4NO/c10-8(16)5-1-4(3-15)7(11)2-6(5)9(12,13)14/h1-2H. The SMILES string of the molecule is N#Cc1cc(C(=O)Cl)c(C(F)(F)F)cc1F. The fraction of sp³-hybridized carbons (Fsp3) is 0.111. The summed E-state index contributed by atoms with van der Waals surface area (Å²) in [5, 5.41) is 6.99.